The molecular weight excluding hydrogens is 232 g/mol. The molecule has 1 aliphatic rings. The fourth-order valence-electron chi connectivity index (χ4n) is 2.31. The minimum absolute atomic E-state index is 0.0304. The van der Waals surface area contributed by atoms with Crippen molar-refractivity contribution in [2.24, 2.45) is 5.92 Å². The first-order valence-corrected chi connectivity index (χ1v) is 6.28. The smallest absolute Gasteiger partial charge is 0.273 e. The molecule has 1 amide bonds. The molecule has 5 nitrogen and oxygen atoms in total. The van der Waals surface area contributed by atoms with Crippen LogP contribution in [-0.4, -0.2) is 33.8 Å². The fraction of sp³-hybridized carbons (Fsp3) is 0.538. The first-order chi connectivity index (χ1) is 8.68. The van der Waals surface area contributed by atoms with Gasteiger partial charge in [-0.25, -0.2) is 4.98 Å². The third-order valence-corrected chi connectivity index (χ3v) is 3.40. The number of pyridine rings is 1. The van der Waals surface area contributed by atoms with Crippen molar-refractivity contribution in [1.29, 1.82) is 0 Å². The van der Waals surface area contributed by atoms with Gasteiger partial charge in [-0.3, -0.25) is 4.79 Å². The molecule has 0 radical (unpaired) electrons. The van der Waals surface area contributed by atoms with Crippen LogP contribution in [-0.2, 0) is 0 Å². The van der Waals surface area contributed by atoms with E-state index in [1.807, 2.05) is 0 Å². The summed E-state index contributed by atoms with van der Waals surface area (Å²) in [5.41, 5.74) is 0.0304. The van der Waals surface area contributed by atoms with Gasteiger partial charge in [0.25, 0.3) is 5.91 Å². The number of hydrogen-bond acceptors (Lipinski definition) is 4. The number of carbonyl (C=O) groups is 1. The van der Waals surface area contributed by atoms with Crippen molar-refractivity contribution in [2.75, 3.05) is 6.54 Å². The number of aliphatic hydroxyl groups excluding tert-OH is 1. The van der Waals surface area contributed by atoms with E-state index in [4.69, 9.17) is 0 Å². The molecule has 1 heterocycles. The average molecular weight is 250 g/mol. The van der Waals surface area contributed by atoms with Crippen molar-refractivity contribution in [3.63, 3.8) is 0 Å². The van der Waals surface area contributed by atoms with Gasteiger partial charge in [0, 0.05) is 18.7 Å². The van der Waals surface area contributed by atoms with Crippen LogP contribution in [0.25, 0.3) is 0 Å². The van der Waals surface area contributed by atoms with Gasteiger partial charge < -0.3 is 15.5 Å². The standard InChI is InChI=1S/C13H18N2O3/c16-10-5-2-1-4-9(10)8-15-13(18)12-11(17)6-3-7-14-12/h3,6-7,9-10,16-17H,1-2,4-5,8H2,(H,15,18). The van der Waals surface area contributed by atoms with Crippen molar-refractivity contribution < 1.29 is 15.0 Å². The van der Waals surface area contributed by atoms with Crippen LogP contribution >= 0.6 is 0 Å². The summed E-state index contributed by atoms with van der Waals surface area (Å²) in [7, 11) is 0. The lowest BCUT2D eigenvalue weighted by Crippen LogP contribution is -2.36. The lowest BCUT2D eigenvalue weighted by atomic mass is 9.86. The molecule has 1 fully saturated rings. The van der Waals surface area contributed by atoms with E-state index in [1.165, 1.54) is 12.3 Å². The monoisotopic (exact) mass is 250 g/mol. The van der Waals surface area contributed by atoms with E-state index in [9.17, 15) is 15.0 Å². The van der Waals surface area contributed by atoms with Gasteiger partial charge in [-0.2, -0.15) is 0 Å². The van der Waals surface area contributed by atoms with Crippen molar-refractivity contribution in [1.82, 2.24) is 10.3 Å². The number of rotatable bonds is 3. The second-order valence-corrected chi connectivity index (χ2v) is 4.69. The third-order valence-electron chi connectivity index (χ3n) is 3.40. The maximum atomic E-state index is 11.8. The molecule has 2 unspecified atom stereocenters. The summed E-state index contributed by atoms with van der Waals surface area (Å²) in [6.45, 7) is 0.427. The van der Waals surface area contributed by atoms with Crippen LogP contribution in [0.15, 0.2) is 18.3 Å². The molecule has 0 aliphatic heterocycles. The predicted molar refractivity (Wildman–Crippen MR) is 66.2 cm³/mol. The fourth-order valence-corrected chi connectivity index (χ4v) is 2.31. The predicted octanol–water partition coefficient (Wildman–Crippen LogP) is 1.07. The molecule has 1 aromatic heterocycles. The van der Waals surface area contributed by atoms with E-state index in [0.717, 1.165) is 25.7 Å². The van der Waals surface area contributed by atoms with E-state index in [0.29, 0.717) is 6.54 Å². The summed E-state index contributed by atoms with van der Waals surface area (Å²) in [5, 5.41) is 22.0. The second-order valence-electron chi connectivity index (χ2n) is 4.69. The van der Waals surface area contributed by atoms with Gasteiger partial charge in [0.15, 0.2) is 5.69 Å². The Morgan fingerprint density at radius 2 is 2.22 bits per heavy atom. The molecule has 0 spiro atoms. The van der Waals surface area contributed by atoms with Gasteiger partial charge in [-0.05, 0) is 25.0 Å². The van der Waals surface area contributed by atoms with Crippen LogP contribution < -0.4 is 5.32 Å². The Labute approximate surface area is 106 Å². The largest absolute Gasteiger partial charge is 0.505 e. The zero-order valence-electron chi connectivity index (χ0n) is 10.2. The molecule has 5 heteroatoms. The summed E-state index contributed by atoms with van der Waals surface area (Å²) in [5.74, 6) is -0.418. The Hall–Kier alpha value is -1.62. The average Bonchev–Trinajstić information content (AvgIpc) is 2.38. The number of amides is 1. The number of aromatic hydroxyl groups is 1. The van der Waals surface area contributed by atoms with Crippen LogP contribution in [0, 0.1) is 5.92 Å². The summed E-state index contributed by atoms with van der Waals surface area (Å²) in [6, 6.07) is 2.99. The van der Waals surface area contributed by atoms with Crippen molar-refractivity contribution in [3.05, 3.63) is 24.0 Å². The maximum absolute atomic E-state index is 11.8. The molecular formula is C13H18N2O3. The first kappa shape index (κ1) is 12.8. The molecule has 98 valence electrons. The number of carbonyl (C=O) groups excluding carboxylic acids is 1. The van der Waals surface area contributed by atoms with Crippen molar-refractivity contribution >= 4 is 5.91 Å². The van der Waals surface area contributed by atoms with Crippen LogP contribution in [0.4, 0.5) is 0 Å². The second kappa shape index (κ2) is 5.82. The minimum atomic E-state index is -0.397. The van der Waals surface area contributed by atoms with Gasteiger partial charge in [0.1, 0.15) is 5.75 Å². The zero-order valence-corrected chi connectivity index (χ0v) is 10.2. The molecule has 2 atom stereocenters. The summed E-state index contributed by atoms with van der Waals surface area (Å²) in [4.78, 5) is 15.6. The molecule has 1 saturated carbocycles. The maximum Gasteiger partial charge on any atom is 0.273 e. The van der Waals surface area contributed by atoms with Gasteiger partial charge in [-0.1, -0.05) is 12.8 Å². The Bertz CT molecular complexity index is 422. The van der Waals surface area contributed by atoms with E-state index >= 15 is 0 Å². The van der Waals surface area contributed by atoms with E-state index in [1.54, 1.807) is 6.07 Å². The van der Waals surface area contributed by atoms with Gasteiger partial charge in [0.05, 0.1) is 6.10 Å². The number of nitrogens with zero attached hydrogens (tertiary/aromatic N) is 1. The summed E-state index contributed by atoms with van der Waals surface area (Å²) in [6.07, 6.45) is 4.99. The molecule has 1 aromatic rings. The van der Waals surface area contributed by atoms with Crippen molar-refractivity contribution in [2.45, 2.75) is 31.8 Å². The molecule has 2 rings (SSSR count). The summed E-state index contributed by atoms with van der Waals surface area (Å²) < 4.78 is 0. The van der Waals surface area contributed by atoms with Gasteiger partial charge >= 0.3 is 0 Å². The number of nitrogens with one attached hydrogen (secondary N) is 1. The number of aliphatic hydroxyl groups is 1. The molecule has 0 saturated heterocycles. The zero-order chi connectivity index (χ0) is 13.0. The molecule has 3 N–H and O–H groups in total. The van der Waals surface area contributed by atoms with Gasteiger partial charge in [0.2, 0.25) is 0 Å². The summed E-state index contributed by atoms with van der Waals surface area (Å²) >= 11 is 0. The Morgan fingerprint density at radius 3 is 2.94 bits per heavy atom. The van der Waals surface area contributed by atoms with E-state index < -0.39 is 5.91 Å². The SMILES string of the molecule is O=C(NCC1CCCCC1O)c1ncccc1O. The number of aromatic nitrogens is 1. The quantitative estimate of drug-likeness (QED) is 0.749. The lowest BCUT2D eigenvalue weighted by molar-refractivity contribution is 0.0661. The molecule has 18 heavy (non-hydrogen) atoms. The highest BCUT2D eigenvalue weighted by Crippen LogP contribution is 2.23. The molecule has 1 aliphatic carbocycles. The van der Waals surface area contributed by atoms with Crippen LogP contribution in [0.2, 0.25) is 0 Å². The van der Waals surface area contributed by atoms with Crippen LogP contribution in [0.1, 0.15) is 36.2 Å². The Morgan fingerprint density at radius 1 is 1.44 bits per heavy atom. The normalized spacial score (nSPS) is 23.6. The molecule has 0 aromatic carbocycles. The minimum Gasteiger partial charge on any atom is -0.505 e. The van der Waals surface area contributed by atoms with Crippen LogP contribution in [0.5, 0.6) is 5.75 Å². The van der Waals surface area contributed by atoms with Crippen LogP contribution in [0.3, 0.4) is 0 Å². The lowest BCUT2D eigenvalue weighted by Gasteiger charge is -2.27. The number of hydrogen-bond donors (Lipinski definition) is 3. The van der Waals surface area contributed by atoms with Crippen molar-refractivity contribution in [3.8, 4) is 5.75 Å². The Kier molecular flexibility index (Phi) is 4.15. The van der Waals surface area contributed by atoms with Gasteiger partial charge in [-0.15, -0.1) is 0 Å². The molecule has 0 bridgehead atoms. The topological polar surface area (TPSA) is 82.5 Å². The van der Waals surface area contributed by atoms with E-state index in [-0.39, 0.29) is 23.5 Å². The third kappa shape index (κ3) is 2.98. The Balaban J connectivity index is 1.90. The first-order valence-electron chi connectivity index (χ1n) is 6.28. The highest BCUT2D eigenvalue weighted by Gasteiger charge is 2.24. The highest BCUT2D eigenvalue weighted by molar-refractivity contribution is 5.94. The highest BCUT2D eigenvalue weighted by atomic mass is 16.3. The van der Waals surface area contributed by atoms with E-state index in [2.05, 4.69) is 10.3 Å².